The van der Waals surface area contributed by atoms with Crippen molar-refractivity contribution in [2.45, 2.75) is 17.6 Å². The zero-order valence-electron chi connectivity index (χ0n) is 10.1. The Hall–Kier alpha value is -0.650. The van der Waals surface area contributed by atoms with Gasteiger partial charge in [-0.05, 0) is 25.1 Å². The molecule has 2 N–H and O–H groups in total. The fourth-order valence-corrected chi connectivity index (χ4v) is 3.54. The Morgan fingerprint density at radius 2 is 2.22 bits per heavy atom. The van der Waals surface area contributed by atoms with E-state index in [9.17, 15) is 0 Å². The molecule has 0 radical (unpaired) electrons. The van der Waals surface area contributed by atoms with E-state index in [1.165, 1.54) is 0 Å². The highest BCUT2D eigenvalue weighted by molar-refractivity contribution is 9.10. The molecular weight excluding hydrogens is 334 g/mol. The van der Waals surface area contributed by atoms with Crippen molar-refractivity contribution in [2.75, 3.05) is 5.73 Å². The normalized spacial score (nSPS) is 10.9. The lowest BCUT2D eigenvalue weighted by atomic mass is 10.3. The summed E-state index contributed by atoms with van der Waals surface area (Å²) >= 11 is 11.3. The van der Waals surface area contributed by atoms with E-state index in [0.29, 0.717) is 5.15 Å². The van der Waals surface area contributed by atoms with Gasteiger partial charge in [0.25, 0.3) is 0 Å². The molecule has 6 heteroatoms. The minimum Gasteiger partial charge on any atom is -0.398 e. The molecule has 0 saturated carbocycles. The lowest BCUT2D eigenvalue weighted by Crippen LogP contribution is -1.90. The Morgan fingerprint density at radius 1 is 1.50 bits per heavy atom. The molecule has 0 amide bonds. The minimum atomic E-state index is 0.688. The summed E-state index contributed by atoms with van der Waals surface area (Å²) in [5.74, 6) is 0.763. The summed E-state index contributed by atoms with van der Waals surface area (Å²) in [5.41, 5.74) is 8.74. The van der Waals surface area contributed by atoms with E-state index in [1.807, 2.05) is 32.2 Å². The van der Waals surface area contributed by atoms with Gasteiger partial charge < -0.3 is 5.73 Å². The monoisotopic (exact) mass is 345 g/mol. The van der Waals surface area contributed by atoms with Crippen molar-refractivity contribution in [3.05, 3.63) is 39.1 Å². The molecule has 0 bridgehead atoms. The quantitative estimate of drug-likeness (QED) is 0.674. The first-order chi connectivity index (χ1) is 8.49. The van der Waals surface area contributed by atoms with Gasteiger partial charge in [-0.2, -0.15) is 5.10 Å². The SMILES string of the molecule is Cc1nn(C)c(Cl)c1CSc1cc(Br)ccc1N. The third kappa shape index (κ3) is 2.84. The molecule has 0 fully saturated rings. The maximum atomic E-state index is 6.20. The van der Waals surface area contributed by atoms with Crippen molar-refractivity contribution in [3.63, 3.8) is 0 Å². The minimum absolute atomic E-state index is 0.688. The van der Waals surface area contributed by atoms with Crippen molar-refractivity contribution in [1.82, 2.24) is 9.78 Å². The molecular formula is C12H13BrClN3S. The highest BCUT2D eigenvalue weighted by Gasteiger charge is 2.12. The van der Waals surface area contributed by atoms with Gasteiger partial charge in [-0.3, -0.25) is 4.68 Å². The predicted molar refractivity (Wildman–Crippen MR) is 81.1 cm³/mol. The van der Waals surface area contributed by atoms with Gasteiger partial charge in [-0.15, -0.1) is 11.8 Å². The van der Waals surface area contributed by atoms with Crippen LogP contribution in [-0.4, -0.2) is 9.78 Å². The maximum Gasteiger partial charge on any atom is 0.131 e. The van der Waals surface area contributed by atoms with E-state index in [1.54, 1.807) is 16.4 Å². The molecule has 96 valence electrons. The lowest BCUT2D eigenvalue weighted by Gasteiger charge is -2.06. The highest BCUT2D eigenvalue weighted by atomic mass is 79.9. The van der Waals surface area contributed by atoms with Crippen LogP contribution in [0.2, 0.25) is 5.15 Å². The van der Waals surface area contributed by atoms with Crippen LogP contribution in [0.1, 0.15) is 11.3 Å². The van der Waals surface area contributed by atoms with E-state index in [4.69, 9.17) is 17.3 Å². The van der Waals surface area contributed by atoms with Gasteiger partial charge in [-0.25, -0.2) is 0 Å². The van der Waals surface area contributed by atoms with Crippen LogP contribution in [0.25, 0.3) is 0 Å². The molecule has 2 rings (SSSR count). The van der Waals surface area contributed by atoms with Gasteiger partial charge >= 0.3 is 0 Å². The first-order valence-electron chi connectivity index (χ1n) is 5.35. The van der Waals surface area contributed by atoms with E-state index in [-0.39, 0.29) is 0 Å². The van der Waals surface area contributed by atoms with Crippen molar-refractivity contribution in [1.29, 1.82) is 0 Å². The van der Waals surface area contributed by atoms with Crippen molar-refractivity contribution >= 4 is 45.0 Å². The van der Waals surface area contributed by atoms with Crippen LogP contribution < -0.4 is 5.73 Å². The van der Waals surface area contributed by atoms with Crippen LogP contribution in [0.5, 0.6) is 0 Å². The summed E-state index contributed by atoms with van der Waals surface area (Å²) < 4.78 is 2.71. The number of hydrogen-bond acceptors (Lipinski definition) is 3. The van der Waals surface area contributed by atoms with Gasteiger partial charge in [0.1, 0.15) is 5.15 Å². The molecule has 18 heavy (non-hydrogen) atoms. The zero-order valence-corrected chi connectivity index (χ0v) is 13.2. The van der Waals surface area contributed by atoms with Gasteiger partial charge in [0, 0.05) is 33.4 Å². The van der Waals surface area contributed by atoms with Crippen LogP contribution >= 0.6 is 39.3 Å². The molecule has 3 nitrogen and oxygen atoms in total. The number of nitrogens with zero attached hydrogens (tertiary/aromatic N) is 2. The Bertz CT molecular complexity index is 583. The summed E-state index contributed by atoms with van der Waals surface area (Å²) in [4.78, 5) is 1.05. The highest BCUT2D eigenvalue weighted by Crippen LogP contribution is 2.33. The Labute approximate surface area is 124 Å². The standard InChI is InChI=1S/C12H13BrClN3S/c1-7-9(12(14)17(2)16-7)6-18-11-5-8(13)3-4-10(11)15/h3-5H,6,15H2,1-2H3. The molecule has 2 aromatic rings. The van der Waals surface area contributed by atoms with Gasteiger partial charge in [0.05, 0.1) is 5.69 Å². The number of nitrogens with two attached hydrogens (primary N) is 1. The van der Waals surface area contributed by atoms with Gasteiger partial charge in [-0.1, -0.05) is 27.5 Å². The van der Waals surface area contributed by atoms with Crippen molar-refractivity contribution in [2.24, 2.45) is 7.05 Å². The largest absolute Gasteiger partial charge is 0.398 e. The summed E-state index contributed by atoms with van der Waals surface area (Å²) in [6.07, 6.45) is 0. The first-order valence-corrected chi connectivity index (χ1v) is 7.50. The third-order valence-corrected chi connectivity index (χ3v) is 4.68. The van der Waals surface area contributed by atoms with E-state index >= 15 is 0 Å². The second kappa shape index (κ2) is 5.55. The third-order valence-electron chi connectivity index (χ3n) is 2.62. The number of anilines is 1. The maximum absolute atomic E-state index is 6.20. The molecule has 0 unspecified atom stereocenters. The second-order valence-electron chi connectivity index (χ2n) is 3.95. The summed E-state index contributed by atoms with van der Waals surface area (Å²) in [6, 6.07) is 5.84. The molecule has 0 aliphatic carbocycles. The van der Waals surface area contributed by atoms with Gasteiger partial charge in [0.15, 0.2) is 0 Å². The number of halogens is 2. The smallest absolute Gasteiger partial charge is 0.131 e. The van der Waals surface area contributed by atoms with Gasteiger partial charge in [0.2, 0.25) is 0 Å². The molecule has 1 heterocycles. The van der Waals surface area contributed by atoms with E-state index in [2.05, 4.69) is 21.0 Å². The fourth-order valence-electron chi connectivity index (χ4n) is 1.62. The van der Waals surface area contributed by atoms with Crippen LogP contribution in [0.15, 0.2) is 27.6 Å². The Morgan fingerprint density at radius 3 is 2.83 bits per heavy atom. The second-order valence-corrected chi connectivity index (χ2v) is 6.24. The molecule has 1 aromatic carbocycles. The average molecular weight is 347 g/mol. The van der Waals surface area contributed by atoms with Crippen LogP contribution in [0.4, 0.5) is 5.69 Å². The number of benzene rings is 1. The zero-order chi connectivity index (χ0) is 13.3. The molecule has 0 spiro atoms. The first kappa shape index (κ1) is 13.8. The molecule has 0 saturated heterocycles. The van der Waals surface area contributed by atoms with Crippen LogP contribution in [-0.2, 0) is 12.8 Å². The topological polar surface area (TPSA) is 43.8 Å². The van der Waals surface area contributed by atoms with Crippen LogP contribution in [0.3, 0.4) is 0 Å². The lowest BCUT2D eigenvalue weighted by molar-refractivity contribution is 0.757. The number of thioether (sulfide) groups is 1. The molecule has 0 aliphatic heterocycles. The number of aromatic nitrogens is 2. The molecule has 0 atom stereocenters. The summed E-state index contributed by atoms with van der Waals surface area (Å²) in [5, 5.41) is 4.98. The number of hydrogen-bond donors (Lipinski definition) is 1. The Kier molecular flexibility index (Phi) is 4.25. The summed E-state index contributed by atoms with van der Waals surface area (Å²) in [7, 11) is 1.84. The van der Waals surface area contributed by atoms with E-state index < -0.39 is 0 Å². The molecule has 1 aromatic heterocycles. The fraction of sp³-hybridized carbons (Fsp3) is 0.250. The summed E-state index contributed by atoms with van der Waals surface area (Å²) in [6.45, 7) is 1.96. The Balaban J connectivity index is 2.19. The van der Waals surface area contributed by atoms with Crippen LogP contribution in [0, 0.1) is 6.92 Å². The number of rotatable bonds is 3. The number of nitrogen functional groups attached to an aromatic ring is 1. The molecule has 0 aliphatic rings. The predicted octanol–water partition coefficient (Wildman–Crippen LogP) is 4.02. The van der Waals surface area contributed by atoms with Crippen molar-refractivity contribution in [3.8, 4) is 0 Å². The number of aryl methyl sites for hydroxylation is 2. The average Bonchev–Trinajstić information content (AvgIpc) is 2.55. The van der Waals surface area contributed by atoms with E-state index in [0.717, 1.165) is 32.1 Å². The van der Waals surface area contributed by atoms with Crippen molar-refractivity contribution < 1.29 is 0 Å².